The summed E-state index contributed by atoms with van der Waals surface area (Å²) in [7, 11) is 0. The molecule has 1 nitrogen and oxygen atoms in total. The largest absolute Gasteiger partial charge is 0.507 e. The van der Waals surface area contributed by atoms with Crippen LogP contribution in [0.3, 0.4) is 0 Å². The Labute approximate surface area is 114 Å². The number of phenolic OH excluding ortho intramolecular Hbond substituents is 1. The van der Waals surface area contributed by atoms with Crippen LogP contribution in [0.15, 0.2) is 42.5 Å². The van der Waals surface area contributed by atoms with Gasteiger partial charge in [-0.1, -0.05) is 56.7 Å². The Morgan fingerprint density at radius 3 is 2.42 bits per heavy atom. The quantitative estimate of drug-likeness (QED) is 0.826. The standard InChI is InChI=1S/C18H20O/c1-3-12-18(4-2)14-9-6-5-8-13(14)17-15(18)10-7-11-16(17)19/h5-11,19H,3-4,12H2,1-2H3. The van der Waals surface area contributed by atoms with Crippen molar-refractivity contribution in [1.29, 1.82) is 0 Å². The first-order chi connectivity index (χ1) is 9.24. The van der Waals surface area contributed by atoms with Crippen molar-refractivity contribution in [2.75, 3.05) is 0 Å². The van der Waals surface area contributed by atoms with Crippen molar-refractivity contribution in [2.45, 2.75) is 38.5 Å². The smallest absolute Gasteiger partial charge is 0.123 e. The van der Waals surface area contributed by atoms with Gasteiger partial charge in [0, 0.05) is 11.0 Å². The van der Waals surface area contributed by atoms with Crippen molar-refractivity contribution in [3.63, 3.8) is 0 Å². The summed E-state index contributed by atoms with van der Waals surface area (Å²) >= 11 is 0. The van der Waals surface area contributed by atoms with Gasteiger partial charge in [0.25, 0.3) is 0 Å². The highest BCUT2D eigenvalue weighted by molar-refractivity contribution is 5.85. The number of hydrogen-bond donors (Lipinski definition) is 1. The average molecular weight is 252 g/mol. The molecule has 1 N–H and O–H groups in total. The fourth-order valence-electron chi connectivity index (χ4n) is 3.74. The van der Waals surface area contributed by atoms with E-state index in [9.17, 15) is 5.11 Å². The molecule has 1 atom stereocenters. The zero-order valence-corrected chi connectivity index (χ0v) is 11.6. The van der Waals surface area contributed by atoms with Crippen LogP contribution >= 0.6 is 0 Å². The van der Waals surface area contributed by atoms with E-state index in [2.05, 4.69) is 44.2 Å². The lowest BCUT2D eigenvalue weighted by atomic mass is 9.73. The van der Waals surface area contributed by atoms with Crippen LogP contribution in [-0.2, 0) is 5.41 Å². The fourth-order valence-corrected chi connectivity index (χ4v) is 3.74. The number of rotatable bonds is 3. The summed E-state index contributed by atoms with van der Waals surface area (Å²) in [6.45, 7) is 4.49. The lowest BCUT2D eigenvalue weighted by Crippen LogP contribution is -2.23. The van der Waals surface area contributed by atoms with Gasteiger partial charge in [0.2, 0.25) is 0 Å². The maximum Gasteiger partial charge on any atom is 0.123 e. The molecule has 0 bridgehead atoms. The first-order valence-corrected chi connectivity index (χ1v) is 7.17. The first kappa shape index (κ1) is 12.3. The van der Waals surface area contributed by atoms with Gasteiger partial charge in [0.05, 0.1) is 0 Å². The third kappa shape index (κ3) is 1.54. The number of fused-ring (bicyclic) bond motifs is 3. The summed E-state index contributed by atoms with van der Waals surface area (Å²) in [4.78, 5) is 0. The molecular formula is C18H20O. The first-order valence-electron chi connectivity index (χ1n) is 7.17. The van der Waals surface area contributed by atoms with Crippen molar-refractivity contribution in [1.82, 2.24) is 0 Å². The second-order valence-electron chi connectivity index (χ2n) is 5.43. The number of hydrogen-bond acceptors (Lipinski definition) is 1. The van der Waals surface area contributed by atoms with E-state index in [0.717, 1.165) is 24.8 Å². The molecule has 0 aromatic heterocycles. The van der Waals surface area contributed by atoms with Crippen LogP contribution in [0.25, 0.3) is 11.1 Å². The van der Waals surface area contributed by atoms with Gasteiger partial charge in [0.1, 0.15) is 5.75 Å². The van der Waals surface area contributed by atoms with Crippen LogP contribution < -0.4 is 0 Å². The highest BCUT2D eigenvalue weighted by atomic mass is 16.3. The molecule has 0 radical (unpaired) electrons. The highest BCUT2D eigenvalue weighted by Gasteiger charge is 2.41. The molecule has 1 heteroatoms. The Balaban J connectivity index is 2.37. The SMILES string of the molecule is CCCC1(CC)c2ccccc2-c2c(O)cccc21. The average Bonchev–Trinajstić information content (AvgIpc) is 2.72. The minimum atomic E-state index is 0.0828. The molecular weight excluding hydrogens is 232 g/mol. The predicted octanol–water partition coefficient (Wildman–Crippen LogP) is 4.87. The van der Waals surface area contributed by atoms with E-state index in [1.807, 2.05) is 6.07 Å². The van der Waals surface area contributed by atoms with Gasteiger partial charge in [0.15, 0.2) is 0 Å². The minimum absolute atomic E-state index is 0.0828. The van der Waals surface area contributed by atoms with Gasteiger partial charge >= 0.3 is 0 Å². The van der Waals surface area contributed by atoms with Gasteiger partial charge < -0.3 is 5.11 Å². The maximum absolute atomic E-state index is 10.3. The fraction of sp³-hybridized carbons (Fsp3) is 0.333. The number of aromatic hydroxyl groups is 1. The zero-order chi connectivity index (χ0) is 13.5. The molecule has 0 spiro atoms. The zero-order valence-electron chi connectivity index (χ0n) is 11.6. The van der Waals surface area contributed by atoms with Gasteiger partial charge in [-0.05, 0) is 35.6 Å². The molecule has 1 unspecified atom stereocenters. The van der Waals surface area contributed by atoms with E-state index in [0.29, 0.717) is 5.75 Å². The van der Waals surface area contributed by atoms with Crippen molar-refractivity contribution >= 4 is 0 Å². The van der Waals surface area contributed by atoms with E-state index in [1.54, 1.807) is 6.07 Å². The van der Waals surface area contributed by atoms with E-state index < -0.39 is 0 Å². The normalized spacial score (nSPS) is 20.1. The molecule has 0 saturated heterocycles. The Morgan fingerprint density at radius 2 is 1.68 bits per heavy atom. The summed E-state index contributed by atoms with van der Waals surface area (Å²) < 4.78 is 0. The van der Waals surface area contributed by atoms with Crippen molar-refractivity contribution in [3.8, 4) is 16.9 Å². The van der Waals surface area contributed by atoms with E-state index in [-0.39, 0.29) is 5.41 Å². The maximum atomic E-state index is 10.3. The van der Waals surface area contributed by atoms with Gasteiger partial charge in [-0.2, -0.15) is 0 Å². The topological polar surface area (TPSA) is 20.2 Å². The molecule has 2 aromatic rings. The van der Waals surface area contributed by atoms with Crippen molar-refractivity contribution < 1.29 is 5.11 Å². The van der Waals surface area contributed by atoms with Gasteiger partial charge in [-0.15, -0.1) is 0 Å². The Hall–Kier alpha value is -1.76. The van der Waals surface area contributed by atoms with E-state index in [1.165, 1.54) is 16.7 Å². The third-order valence-electron chi connectivity index (χ3n) is 4.55. The van der Waals surface area contributed by atoms with Gasteiger partial charge in [-0.25, -0.2) is 0 Å². The predicted molar refractivity (Wildman–Crippen MR) is 79.5 cm³/mol. The monoisotopic (exact) mass is 252 g/mol. The molecule has 0 aliphatic heterocycles. The second kappa shape index (κ2) is 4.41. The van der Waals surface area contributed by atoms with E-state index >= 15 is 0 Å². The number of phenols is 1. The van der Waals surface area contributed by atoms with Crippen LogP contribution in [0.5, 0.6) is 5.75 Å². The molecule has 0 fully saturated rings. The molecule has 1 aliphatic rings. The summed E-state index contributed by atoms with van der Waals surface area (Å²) in [5, 5.41) is 10.3. The summed E-state index contributed by atoms with van der Waals surface area (Å²) in [5.41, 5.74) is 5.03. The van der Waals surface area contributed by atoms with Crippen LogP contribution in [-0.4, -0.2) is 5.11 Å². The lowest BCUT2D eigenvalue weighted by molar-refractivity contribution is 0.454. The minimum Gasteiger partial charge on any atom is -0.507 e. The van der Waals surface area contributed by atoms with E-state index in [4.69, 9.17) is 0 Å². The van der Waals surface area contributed by atoms with Gasteiger partial charge in [-0.3, -0.25) is 0 Å². The Morgan fingerprint density at radius 1 is 0.947 bits per heavy atom. The molecule has 19 heavy (non-hydrogen) atoms. The van der Waals surface area contributed by atoms with Crippen LogP contribution in [0.2, 0.25) is 0 Å². The number of benzene rings is 2. The lowest BCUT2D eigenvalue weighted by Gasteiger charge is -2.30. The summed E-state index contributed by atoms with van der Waals surface area (Å²) in [6, 6.07) is 14.5. The van der Waals surface area contributed by atoms with Crippen LogP contribution in [0.1, 0.15) is 44.2 Å². The Bertz CT molecular complexity index is 615. The van der Waals surface area contributed by atoms with Crippen LogP contribution in [0, 0.1) is 0 Å². The second-order valence-corrected chi connectivity index (χ2v) is 5.43. The van der Waals surface area contributed by atoms with Crippen LogP contribution in [0.4, 0.5) is 0 Å². The highest BCUT2D eigenvalue weighted by Crippen LogP contribution is 2.55. The summed E-state index contributed by atoms with van der Waals surface area (Å²) in [6.07, 6.45) is 3.36. The molecule has 0 saturated carbocycles. The van der Waals surface area contributed by atoms with Crippen molar-refractivity contribution in [3.05, 3.63) is 53.6 Å². The third-order valence-corrected chi connectivity index (χ3v) is 4.55. The molecule has 1 aliphatic carbocycles. The Kier molecular flexibility index (Phi) is 2.85. The van der Waals surface area contributed by atoms with Crippen molar-refractivity contribution in [2.24, 2.45) is 0 Å². The molecule has 98 valence electrons. The molecule has 0 amide bonds. The molecule has 0 heterocycles. The summed E-state index contributed by atoms with van der Waals surface area (Å²) in [5.74, 6) is 0.413. The molecule has 3 rings (SSSR count). The molecule has 2 aromatic carbocycles.